The predicted molar refractivity (Wildman–Crippen MR) is 97.1 cm³/mol. The lowest BCUT2D eigenvalue weighted by Crippen LogP contribution is -2.38. The number of amides is 2. The zero-order valence-corrected chi connectivity index (χ0v) is 13.2. The smallest absolute Gasteiger partial charge is 0.312 e. The molecule has 24 heavy (non-hydrogen) atoms. The molecule has 7 nitrogen and oxygen atoms in total. The van der Waals surface area contributed by atoms with Crippen molar-refractivity contribution >= 4 is 39.2 Å². The second-order valence-electron chi connectivity index (χ2n) is 5.60. The lowest BCUT2D eigenvalue weighted by Gasteiger charge is -2.25. The van der Waals surface area contributed by atoms with Gasteiger partial charge < -0.3 is 31.8 Å². The van der Waals surface area contributed by atoms with Crippen molar-refractivity contribution < 1.29 is 9.90 Å². The number of nitrogen functional groups attached to an aromatic ring is 1. The molecule has 0 saturated carbocycles. The first kappa shape index (κ1) is 15.9. The largest absolute Gasteiger partial charge is 0.398 e. The summed E-state index contributed by atoms with van der Waals surface area (Å²) in [6.45, 7) is 1.36. The van der Waals surface area contributed by atoms with Gasteiger partial charge in [-0.3, -0.25) is 0 Å². The SMILES string of the molecule is NC(=O)NCCN(CCO)c1ccc(N)c2c1[nH]c1ccccc12. The number of urea groups is 1. The number of nitrogens with zero attached hydrogens (tertiary/aromatic N) is 1. The van der Waals surface area contributed by atoms with Crippen LogP contribution in [0.1, 0.15) is 0 Å². The molecule has 0 unspecified atom stereocenters. The van der Waals surface area contributed by atoms with Gasteiger partial charge in [0.1, 0.15) is 0 Å². The zero-order valence-electron chi connectivity index (χ0n) is 13.2. The first-order chi connectivity index (χ1) is 11.6. The van der Waals surface area contributed by atoms with E-state index >= 15 is 0 Å². The molecule has 1 heterocycles. The third-order valence-electron chi connectivity index (χ3n) is 4.06. The summed E-state index contributed by atoms with van der Waals surface area (Å²) in [6, 6.07) is 11.2. The molecule has 7 N–H and O–H groups in total. The second kappa shape index (κ2) is 6.67. The van der Waals surface area contributed by atoms with E-state index in [1.165, 1.54) is 0 Å². The fraction of sp³-hybridized carbons (Fsp3) is 0.235. The third-order valence-corrected chi connectivity index (χ3v) is 4.06. The molecular formula is C17H21N5O2. The summed E-state index contributed by atoms with van der Waals surface area (Å²) in [4.78, 5) is 16.3. The van der Waals surface area contributed by atoms with Crippen LogP contribution in [0.15, 0.2) is 36.4 Å². The Balaban J connectivity index is 2.06. The number of nitrogens with two attached hydrogens (primary N) is 2. The van der Waals surface area contributed by atoms with Crippen LogP contribution in [-0.2, 0) is 0 Å². The summed E-state index contributed by atoms with van der Waals surface area (Å²) in [6.07, 6.45) is 0. The van der Waals surface area contributed by atoms with Crippen molar-refractivity contribution in [1.82, 2.24) is 10.3 Å². The molecule has 0 radical (unpaired) electrons. The van der Waals surface area contributed by atoms with Gasteiger partial charge in [0.05, 0.1) is 17.8 Å². The summed E-state index contributed by atoms with van der Waals surface area (Å²) < 4.78 is 0. The van der Waals surface area contributed by atoms with E-state index in [9.17, 15) is 9.90 Å². The van der Waals surface area contributed by atoms with Crippen LogP contribution in [0, 0.1) is 0 Å². The number of hydrogen-bond acceptors (Lipinski definition) is 4. The van der Waals surface area contributed by atoms with Crippen LogP contribution < -0.4 is 21.7 Å². The Kier molecular flexibility index (Phi) is 4.43. The highest BCUT2D eigenvalue weighted by Crippen LogP contribution is 2.36. The van der Waals surface area contributed by atoms with Gasteiger partial charge in [0, 0.05) is 41.6 Å². The summed E-state index contributed by atoms with van der Waals surface area (Å²) in [5.74, 6) is 0. The number of nitrogens with one attached hydrogen (secondary N) is 2. The predicted octanol–water partition coefficient (Wildman–Crippen LogP) is 1.37. The highest BCUT2D eigenvalue weighted by atomic mass is 16.3. The monoisotopic (exact) mass is 327 g/mol. The number of carbonyl (C=O) groups excluding carboxylic acids is 1. The maximum atomic E-state index is 10.9. The zero-order chi connectivity index (χ0) is 17.1. The number of aromatic nitrogens is 1. The molecule has 0 spiro atoms. The molecule has 0 aliphatic carbocycles. The number of hydrogen-bond donors (Lipinski definition) is 5. The fourth-order valence-electron chi connectivity index (χ4n) is 3.02. The maximum absolute atomic E-state index is 10.9. The van der Waals surface area contributed by atoms with Gasteiger partial charge in [-0.25, -0.2) is 4.79 Å². The normalized spacial score (nSPS) is 11.0. The van der Waals surface area contributed by atoms with Gasteiger partial charge in [0.15, 0.2) is 0 Å². The van der Waals surface area contributed by atoms with Crippen molar-refractivity contribution in [2.75, 3.05) is 36.9 Å². The lowest BCUT2D eigenvalue weighted by molar-refractivity contribution is 0.249. The highest BCUT2D eigenvalue weighted by Gasteiger charge is 2.15. The average Bonchev–Trinajstić information content (AvgIpc) is 2.94. The van der Waals surface area contributed by atoms with Gasteiger partial charge in [-0.15, -0.1) is 0 Å². The molecule has 0 bridgehead atoms. The van der Waals surface area contributed by atoms with Crippen LogP contribution in [0.5, 0.6) is 0 Å². The van der Waals surface area contributed by atoms with E-state index in [1.807, 2.05) is 41.3 Å². The number of fused-ring (bicyclic) bond motifs is 3. The number of aromatic amines is 1. The lowest BCUT2D eigenvalue weighted by atomic mass is 10.1. The Bertz CT molecular complexity index is 874. The van der Waals surface area contributed by atoms with Crippen LogP contribution in [0.3, 0.4) is 0 Å². The van der Waals surface area contributed by atoms with Gasteiger partial charge in [-0.1, -0.05) is 18.2 Å². The first-order valence-corrected chi connectivity index (χ1v) is 7.80. The molecule has 0 aliphatic heterocycles. The molecule has 0 atom stereocenters. The molecule has 3 aromatic rings. The van der Waals surface area contributed by atoms with Crippen molar-refractivity contribution in [1.29, 1.82) is 0 Å². The van der Waals surface area contributed by atoms with Crippen molar-refractivity contribution in [3.63, 3.8) is 0 Å². The van der Waals surface area contributed by atoms with Crippen molar-refractivity contribution in [3.8, 4) is 0 Å². The third kappa shape index (κ3) is 2.93. The van der Waals surface area contributed by atoms with Crippen LogP contribution >= 0.6 is 0 Å². The highest BCUT2D eigenvalue weighted by molar-refractivity contribution is 6.16. The van der Waals surface area contributed by atoms with E-state index in [4.69, 9.17) is 11.5 Å². The van der Waals surface area contributed by atoms with Crippen LogP contribution in [0.4, 0.5) is 16.2 Å². The quantitative estimate of drug-likeness (QED) is 0.439. The molecule has 2 aromatic carbocycles. The summed E-state index contributed by atoms with van der Waals surface area (Å²) in [5.41, 5.74) is 14.9. The van der Waals surface area contributed by atoms with Gasteiger partial charge in [0.25, 0.3) is 0 Å². The maximum Gasteiger partial charge on any atom is 0.312 e. The molecule has 1 aromatic heterocycles. The Morgan fingerprint density at radius 1 is 1.21 bits per heavy atom. The van der Waals surface area contributed by atoms with E-state index in [2.05, 4.69) is 10.3 Å². The van der Waals surface area contributed by atoms with Gasteiger partial charge in [0.2, 0.25) is 0 Å². The second-order valence-corrected chi connectivity index (χ2v) is 5.60. The minimum Gasteiger partial charge on any atom is -0.398 e. The number of rotatable bonds is 6. The number of anilines is 2. The van der Waals surface area contributed by atoms with Crippen LogP contribution in [-0.4, -0.2) is 42.4 Å². The Morgan fingerprint density at radius 2 is 2.00 bits per heavy atom. The molecule has 126 valence electrons. The van der Waals surface area contributed by atoms with E-state index in [0.29, 0.717) is 25.3 Å². The summed E-state index contributed by atoms with van der Waals surface area (Å²) in [7, 11) is 0. The molecule has 0 fully saturated rings. The summed E-state index contributed by atoms with van der Waals surface area (Å²) >= 11 is 0. The number of benzene rings is 2. The molecule has 0 saturated heterocycles. The first-order valence-electron chi connectivity index (χ1n) is 7.80. The van der Waals surface area contributed by atoms with Crippen molar-refractivity contribution in [3.05, 3.63) is 36.4 Å². The average molecular weight is 327 g/mol. The minimum atomic E-state index is -0.563. The topological polar surface area (TPSA) is 120 Å². The van der Waals surface area contributed by atoms with E-state index in [0.717, 1.165) is 27.5 Å². The number of para-hydroxylation sites is 1. The molecule has 2 amide bonds. The number of aliphatic hydroxyl groups excluding tert-OH is 1. The van der Waals surface area contributed by atoms with E-state index in [1.54, 1.807) is 0 Å². The number of aliphatic hydroxyl groups is 1. The number of H-pyrrole nitrogens is 1. The molecule has 0 aliphatic rings. The molecule has 7 heteroatoms. The fourth-order valence-corrected chi connectivity index (χ4v) is 3.02. The molecular weight excluding hydrogens is 306 g/mol. The standard InChI is InChI=1S/C17H21N5O2/c18-12-5-6-14(22(9-10-23)8-7-20-17(19)24)16-15(12)11-3-1-2-4-13(11)21-16/h1-6,21,23H,7-10,18H2,(H3,19,20,24). The van der Waals surface area contributed by atoms with E-state index in [-0.39, 0.29) is 6.61 Å². The van der Waals surface area contributed by atoms with Crippen LogP contribution in [0.2, 0.25) is 0 Å². The Labute approximate surface area is 139 Å². The summed E-state index contributed by atoms with van der Waals surface area (Å²) in [5, 5.41) is 14.0. The van der Waals surface area contributed by atoms with Crippen molar-refractivity contribution in [2.24, 2.45) is 5.73 Å². The molecule has 3 rings (SSSR count). The van der Waals surface area contributed by atoms with Gasteiger partial charge >= 0.3 is 6.03 Å². The van der Waals surface area contributed by atoms with Crippen LogP contribution in [0.25, 0.3) is 21.8 Å². The minimum absolute atomic E-state index is 0.00265. The van der Waals surface area contributed by atoms with E-state index < -0.39 is 6.03 Å². The van der Waals surface area contributed by atoms with Crippen molar-refractivity contribution in [2.45, 2.75) is 0 Å². The Hall–Kier alpha value is -2.93. The Morgan fingerprint density at radius 3 is 2.75 bits per heavy atom. The van der Waals surface area contributed by atoms with Gasteiger partial charge in [-0.2, -0.15) is 0 Å². The number of carbonyl (C=O) groups is 1. The van der Waals surface area contributed by atoms with Gasteiger partial charge in [-0.05, 0) is 18.2 Å². The number of primary amides is 1.